The van der Waals surface area contributed by atoms with E-state index in [0.29, 0.717) is 12.7 Å². The number of ether oxygens (including phenoxy) is 2. The Morgan fingerprint density at radius 2 is 2.28 bits per heavy atom. The SMILES string of the molecule is CCCNCc1cc(COC2CCOCC2)on1. The van der Waals surface area contributed by atoms with Crippen LogP contribution in [0.3, 0.4) is 0 Å². The summed E-state index contributed by atoms with van der Waals surface area (Å²) >= 11 is 0. The van der Waals surface area contributed by atoms with Gasteiger partial charge in [-0.25, -0.2) is 0 Å². The van der Waals surface area contributed by atoms with Crippen molar-refractivity contribution in [2.75, 3.05) is 19.8 Å². The van der Waals surface area contributed by atoms with Crippen LogP contribution in [0.25, 0.3) is 0 Å². The molecule has 0 aliphatic carbocycles. The van der Waals surface area contributed by atoms with E-state index in [1.807, 2.05) is 6.07 Å². The van der Waals surface area contributed by atoms with Gasteiger partial charge in [-0.3, -0.25) is 0 Å². The summed E-state index contributed by atoms with van der Waals surface area (Å²) in [7, 11) is 0. The average molecular weight is 254 g/mol. The molecule has 1 aromatic rings. The Balaban J connectivity index is 1.69. The lowest BCUT2D eigenvalue weighted by molar-refractivity contribution is -0.0443. The highest BCUT2D eigenvalue weighted by molar-refractivity contribution is 5.04. The van der Waals surface area contributed by atoms with Gasteiger partial charge in [-0.15, -0.1) is 0 Å². The van der Waals surface area contributed by atoms with Crippen LogP contribution >= 0.6 is 0 Å². The molecule has 0 amide bonds. The smallest absolute Gasteiger partial charge is 0.162 e. The largest absolute Gasteiger partial charge is 0.381 e. The molecule has 0 radical (unpaired) electrons. The molecular weight excluding hydrogens is 232 g/mol. The maximum absolute atomic E-state index is 5.77. The molecule has 0 unspecified atom stereocenters. The molecule has 2 rings (SSSR count). The van der Waals surface area contributed by atoms with E-state index < -0.39 is 0 Å². The number of nitrogens with zero attached hydrogens (tertiary/aromatic N) is 1. The first kappa shape index (κ1) is 13.5. The molecule has 2 heterocycles. The van der Waals surface area contributed by atoms with Gasteiger partial charge >= 0.3 is 0 Å². The van der Waals surface area contributed by atoms with Gasteiger partial charge in [-0.1, -0.05) is 12.1 Å². The van der Waals surface area contributed by atoms with Crippen molar-refractivity contribution < 1.29 is 14.0 Å². The summed E-state index contributed by atoms with van der Waals surface area (Å²) in [5, 5.41) is 7.30. The third-order valence-electron chi connectivity index (χ3n) is 2.97. The first-order chi connectivity index (χ1) is 8.88. The van der Waals surface area contributed by atoms with Gasteiger partial charge in [0.25, 0.3) is 0 Å². The summed E-state index contributed by atoms with van der Waals surface area (Å²) < 4.78 is 16.3. The molecule has 5 nitrogen and oxygen atoms in total. The predicted molar refractivity (Wildman–Crippen MR) is 67.1 cm³/mol. The van der Waals surface area contributed by atoms with Crippen molar-refractivity contribution in [3.8, 4) is 0 Å². The summed E-state index contributed by atoms with van der Waals surface area (Å²) in [5.74, 6) is 0.801. The standard InChI is InChI=1S/C13H22N2O3/c1-2-5-14-9-11-8-13(18-15-11)10-17-12-3-6-16-7-4-12/h8,12,14H,2-7,9-10H2,1H3. The Labute approximate surface area is 108 Å². The number of rotatable bonds is 7. The number of aromatic nitrogens is 1. The molecule has 5 heteroatoms. The van der Waals surface area contributed by atoms with Crippen LogP contribution in [0, 0.1) is 0 Å². The van der Waals surface area contributed by atoms with Gasteiger partial charge in [0.15, 0.2) is 5.76 Å². The molecule has 0 aromatic carbocycles. The van der Waals surface area contributed by atoms with E-state index in [0.717, 1.165) is 57.0 Å². The molecule has 18 heavy (non-hydrogen) atoms. The average Bonchev–Trinajstić information content (AvgIpc) is 2.86. The number of nitrogens with one attached hydrogen (secondary N) is 1. The van der Waals surface area contributed by atoms with Crippen LogP contribution < -0.4 is 5.32 Å². The number of hydrogen-bond donors (Lipinski definition) is 1. The van der Waals surface area contributed by atoms with Crippen molar-refractivity contribution in [3.63, 3.8) is 0 Å². The summed E-state index contributed by atoms with van der Waals surface area (Å²) in [6.45, 7) is 6.00. The minimum Gasteiger partial charge on any atom is -0.381 e. The van der Waals surface area contributed by atoms with Crippen molar-refractivity contribution in [2.45, 2.75) is 45.4 Å². The Hall–Kier alpha value is -0.910. The second-order valence-corrected chi connectivity index (χ2v) is 4.58. The van der Waals surface area contributed by atoms with Crippen LogP contribution in [0.5, 0.6) is 0 Å². The van der Waals surface area contributed by atoms with E-state index in [2.05, 4.69) is 17.4 Å². The third-order valence-corrected chi connectivity index (χ3v) is 2.97. The summed E-state index contributed by atoms with van der Waals surface area (Å²) in [5.41, 5.74) is 0.939. The molecule has 0 saturated carbocycles. The van der Waals surface area contributed by atoms with Gasteiger partial charge in [-0.2, -0.15) is 0 Å². The Morgan fingerprint density at radius 3 is 3.06 bits per heavy atom. The van der Waals surface area contributed by atoms with Crippen LogP contribution in [0.4, 0.5) is 0 Å². The highest BCUT2D eigenvalue weighted by Gasteiger charge is 2.15. The van der Waals surface area contributed by atoms with E-state index in [9.17, 15) is 0 Å². The zero-order chi connectivity index (χ0) is 12.6. The maximum atomic E-state index is 5.77. The minimum atomic E-state index is 0.297. The zero-order valence-corrected chi connectivity index (χ0v) is 11.0. The fraction of sp³-hybridized carbons (Fsp3) is 0.769. The van der Waals surface area contributed by atoms with E-state index in [-0.39, 0.29) is 0 Å². The Morgan fingerprint density at radius 1 is 1.44 bits per heavy atom. The summed E-state index contributed by atoms with van der Waals surface area (Å²) in [4.78, 5) is 0. The van der Waals surface area contributed by atoms with E-state index in [1.165, 1.54) is 0 Å². The molecule has 1 aliphatic heterocycles. The van der Waals surface area contributed by atoms with Crippen LogP contribution in [-0.4, -0.2) is 31.0 Å². The minimum absolute atomic E-state index is 0.297. The quantitative estimate of drug-likeness (QED) is 0.753. The molecule has 0 atom stereocenters. The monoisotopic (exact) mass is 254 g/mol. The van der Waals surface area contributed by atoms with Crippen molar-refractivity contribution in [3.05, 3.63) is 17.5 Å². The van der Waals surface area contributed by atoms with Gasteiger partial charge in [0.2, 0.25) is 0 Å². The molecule has 1 fully saturated rings. The molecular formula is C13H22N2O3. The lowest BCUT2D eigenvalue weighted by Crippen LogP contribution is -2.23. The molecule has 1 aromatic heterocycles. The second-order valence-electron chi connectivity index (χ2n) is 4.58. The molecule has 0 spiro atoms. The van der Waals surface area contributed by atoms with Crippen LogP contribution in [0.2, 0.25) is 0 Å². The van der Waals surface area contributed by atoms with Crippen LogP contribution in [0.15, 0.2) is 10.6 Å². The highest BCUT2D eigenvalue weighted by Crippen LogP contribution is 2.13. The van der Waals surface area contributed by atoms with Gasteiger partial charge in [0, 0.05) is 25.8 Å². The molecule has 1 N–H and O–H groups in total. The summed E-state index contributed by atoms with van der Waals surface area (Å²) in [6.07, 6.45) is 3.36. The third kappa shape index (κ3) is 4.40. The number of hydrogen-bond acceptors (Lipinski definition) is 5. The lowest BCUT2D eigenvalue weighted by Gasteiger charge is -2.21. The topological polar surface area (TPSA) is 56.5 Å². The highest BCUT2D eigenvalue weighted by atomic mass is 16.5. The first-order valence-corrected chi connectivity index (χ1v) is 6.73. The normalized spacial score (nSPS) is 17.2. The van der Waals surface area contributed by atoms with Crippen molar-refractivity contribution in [1.82, 2.24) is 10.5 Å². The van der Waals surface area contributed by atoms with E-state index >= 15 is 0 Å². The predicted octanol–water partition coefficient (Wildman–Crippen LogP) is 1.87. The fourth-order valence-electron chi connectivity index (χ4n) is 1.94. The molecule has 1 aliphatic rings. The zero-order valence-electron chi connectivity index (χ0n) is 11.0. The van der Waals surface area contributed by atoms with Gasteiger partial charge in [0.1, 0.15) is 6.61 Å². The van der Waals surface area contributed by atoms with Crippen LogP contribution in [-0.2, 0) is 22.6 Å². The van der Waals surface area contributed by atoms with Crippen molar-refractivity contribution in [2.24, 2.45) is 0 Å². The molecule has 102 valence electrons. The van der Waals surface area contributed by atoms with E-state index in [4.69, 9.17) is 14.0 Å². The van der Waals surface area contributed by atoms with Crippen molar-refractivity contribution in [1.29, 1.82) is 0 Å². The fourth-order valence-corrected chi connectivity index (χ4v) is 1.94. The van der Waals surface area contributed by atoms with Gasteiger partial charge < -0.3 is 19.3 Å². The Kier molecular flexibility index (Phi) is 5.64. The van der Waals surface area contributed by atoms with Gasteiger partial charge in [0.05, 0.1) is 11.8 Å². The summed E-state index contributed by atoms with van der Waals surface area (Å²) in [6, 6.07) is 1.96. The maximum Gasteiger partial charge on any atom is 0.162 e. The molecule has 1 saturated heterocycles. The first-order valence-electron chi connectivity index (χ1n) is 6.73. The van der Waals surface area contributed by atoms with Gasteiger partial charge in [-0.05, 0) is 25.8 Å². The van der Waals surface area contributed by atoms with Crippen molar-refractivity contribution >= 4 is 0 Å². The Bertz CT molecular complexity index is 335. The molecule has 0 bridgehead atoms. The second kappa shape index (κ2) is 7.51. The lowest BCUT2D eigenvalue weighted by atomic mass is 10.1. The van der Waals surface area contributed by atoms with Crippen LogP contribution in [0.1, 0.15) is 37.6 Å². The van der Waals surface area contributed by atoms with E-state index in [1.54, 1.807) is 0 Å².